The zero-order valence-electron chi connectivity index (χ0n) is 11.9. The average Bonchev–Trinajstić information content (AvgIpc) is 2.48. The third-order valence-corrected chi connectivity index (χ3v) is 3.29. The minimum atomic E-state index is -0.0730. The molecule has 1 aliphatic heterocycles. The molecule has 1 aromatic carbocycles. The Morgan fingerprint density at radius 2 is 2.10 bits per heavy atom. The predicted molar refractivity (Wildman–Crippen MR) is 76.7 cm³/mol. The van der Waals surface area contributed by atoms with Crippen LogP contribution in [0.25, 0.3) is 0 Å². The summed E-state index contributed by atoms with van der Waals surface area (Å²) < 4.78 is 10.9. The van der Waals surface area contributed by atoms with Gasteiger partial charge in [0.25, 0.3) is 5.91 Å². The molecule has 0 spiro atoms. The topological polar surface area (TPSA) is 59.6 Å². The highest BCUT2D eigenvalue weighted by Gasteiger charge is 2.16. The van der Waals surface area contributed by atoms with Crippen LogP contribution in [0, 0.1) is 0 Å². The molecule has 20 heavy (non-hydrogen) atoms. The number of para-hydroxylation sites is 1. The molecule has 2 N–H and O–H groups in total. The molecular formula is C15H22N2O3. The van der Waals surface area contributed by atoms with E-state index in [1.54, 1.807) is 0 Å². The molecular weight excluding hydrogens is 256 g/mol. The lowest BCUT2D eigenvalue weighted by atomic mass is 10.1. The van der Waals surface area contributed by atoms with Crippen LogP contribution in [0.3, 0.4) is 0 Å². The molecule has 1 aliphatic rings. The summed E-state index contributed by atoms with van der Waals surface area (Å²) in [5, 5.41) is 6.06. The summed E-state index contributed by atoms with van der Waals surface area (Å²) in [7, 11) is 1.88. The van der Waals surface area contributed by atoms with E-state index in [2.05, 4.69) is 10.6 Å². The Labute approximate surface area is 119 Å². The molecule has 1 amide bonds. The Kier molecular flexibility index (Phi) is 5.83. The molecule has 0 atom stereocenters. The minimum absolute atomic E-state index is 0.0537. The molecule has 0 aliphatic carbocycles. The molecule has 5 nitrogen and oxygen atoms in total. The van der Waals surface area contributed by atoms with Crippen molar-refractivity contribution < 1.29 is 14.3 Å². The Hall–Kier alpha value is -1.59. The van der Waals surface area contributed by atoms with Gasteiger partial charge in [-0.3, -0.25) is 4.79 Å². The number of nitrogens with one attached hydrogen (secondary N) is 2. The SMILES string of the molecule is CNCc1ccccc1OCC(=O)NC1CCOCC1. The fourth-order valence-electron chi connectivity index (χ4n) is 2.24. The van der Waals surface area contributed by atoms with Gasteiger partial charge in [-0.2, -0.15) is 0 Å². The van der Waals surface area contributed by atoms with Gasteiger partial charge in [0, 0.05) is 31.4 Å². The van der Waals surface area contributed by atoms with Crippen LogP contribution in [0.1, 0.15) is 18.4 Å². The van der Waals surface area contributed by atoms with Crippen LogP contribution in [0.5, 0.6) is 5.75 Å². The zero-order chi connectivity index (χ0) is 14.2. The minimum Gasteiger partial charge on any atom is -0.483 e. The van der Waals surface area contributed by atoms with Gasteiger partial charge in [-0.15, -0.1) is 0 Å². The van der Waals surface area contributed by atoms with Gasteiger partial charge in [-0.25, -0.2) is 0 Å². The fraction of sp³-hybridized carbons (Fsp3) is 0.533. The Morgan fingerprint density at radius 3 is 2.85 bits per heavy atom. The second-order valence-corrected chi connectivity index (χ2v) is 4.88. The van der Waals surface area contributed by atoms with Crippen molar-refractivity contribution in [3.63, 3.8) is 0 Å². The van der Waals surface area contributed by atoms with Gasteiger partial charge >= 0.3 is 0 Å². The van der Waals surface area contributed by atoms with Gasteiger partial charge < -0.3 is 20.1 Å². The number of carbonyl (C=O) groups excluding carboxylic acids is 1. The highest BCUT2D eigenvalue weighted by Crippen LogP contribution is 2.17. The van der Waals surface area contributed by atoms with Gasteiger partial charge in [0.05, 0.1) is 0 Å². The highest BCUT2D eigenvalue weighted by molar-refractivity contribution is 5.77. The number of hydrogen-bond donors (Lipinski definition) is 2. The van der Waals surface area contributed by atoms with Crippen LogP contribution in [0.4, 0.5) is 0 Å². The van der Waals surface area contributed by atoms with E-state index in [9.17, 15) is 4.79 Å². The standard InChI is InChI=1S/C15H22N2O3/c1-16-10-12-4-2-3-5-14(12)20-11-15(18)17-13-6-8-19-9-7-13/h2-5,13,16H,6-11H2,1H3,(H,17,18). The van der Waals surface area contributed by atoms with Crippen molar-refractivity contribution in [2.45, 2.75) is 25.4 Å². The largest absolute Gasteiger partial charge is 0.483 e. The number of carbonyl (C=O) groups is 1. The highest BCUT2D eigenvalue weighted by atomic mass is 16.5. The van der Waals surface area contributed by atoms with E-state index in [0.717, 1.165) is 43.9 Å². The summed E-state index contributed by atoms with van der Waals surface area (Å²) in [6.45, 7) is 2.21. The first-order chi connectivity index (χ1) is 9.79. The van der Waals surface area contributed by atoms with Crippen molar-refractivity contribution in [1.82, 2.24) is 10.6 Å². The Morgan fingerprint density at radius 1 is 1.35 bits per heavy atom. The van der Waals surface area contributed by atoms with E-state index in [1.165, 1.54) is 0 Å². The molecule has 2 rings (SSSR count). The average molecular weight is 278 g/mol. The maximum Gasteiger partial charge on any atom is 0.258 e. The second-order valence-electron chi connectivity index (χ2n) is 4.88. The molecule has 0 bridgehead atoms. The number of rotatable bonds is 6. The van der Waals surface area contributed by atoms with Crippen LogP contribution in [0.2, 0.25) is 0 Å². The zero-order valence-corrected chi connectivity index (χ0v) is 11.9. The molecule has 110 valence electrons. The van der Waals surface area contributed by atoms with Crippen molar-refractivity contribution in [3.8, 4) is 5.75 Å². The van der Waals surface area contributed by atoms with E-state index < -0.39 is 0 Å². The summed E-state index contributed by atoms with van der Waals surface area (Å²) in [5.74, 6) is 0.681. The van der Waals surface area contributed by atoms with Crippen molar-refractivity contribution in [1.29, 1.82) is 0 Å². The fourth-order valence-corrected chi connectivity index (χ4v) is 2.24. The number of hydrogen-bond acceptors (Lipinski definition) is 4. The van der Waals surface area contributed by atoms with E-state index >= 15 is 0 Å². The lowest BCUT2D eigenvalue weighted by molar-refractivity contribution is -0.124. The normalized spacial score (nSPS) is 15.8. The van der Waals surface area contributed by atoms with Crippen LogP contribution < -0.4 is 15.4 Å². The van der Waals surface area contributed by atoms with Gasteiger partial charge in [0.1, 0.15) is 5.75 Å². The lowest BCUT2D eigenvalue weighted by Crippen LogP contribution is -2.41. The summed E-state index contributed by atoms with van der Waals surface area (Å²) in [6.07, 6.45) is 1.75. The molecule has 0 radical (unpaired) electrons. The van der Waals surface area contributed by atoms with Crippen LogP contribution in [-0.4, -0.2) is 38.8 Å². The van der Waals surface area contributed by atoms with Gasteiger partial charge in [-0.05, 0) is 26.0 Å². The number of amides is 1. The van der Waals surface area contributed by atoms with E-state index in [0.29, 0.717) is 0 Å². The molecule has 1 aromatic rings. The summed E-state index contributed by atoms with van der Waals surface area (Å²) in [4.78, 5) is 11.9. The predicted octanol–water partition coefficient (Wildman–Crippen LogP) is 1.08. The van der Waals surface area contributed by atoms with Crippen molar-refractivity contribution in [3.05, 3.63) is 29.8 Å². The molecule has 1 fully saturated rings. The Bertz CT molecular complexity index is 431. The molecule has 1 saturated heterocycles. The Balaban J connectivity index is 1.80. The van der Waals surface area contributed by atoms with Gasteiger partial charge in [0.15, 0.2) is 6.61 Å². The molecule has 0 saturated carbocycles. The first kappa shape index (κ1) is 14.8. The first-order valence-electron chi connectivity index (χ1n) is 7.02. The third-order valence-electron chi connectivity index (χ3n) is 3.29. The van der Waals surface area contributed by atoms with E-state index in [-0.39, 0.29) is 18.6 Å². The van der Waals surface area contributed by atoms with E-state index in [1.807, 2.05) is 31.3 Å². The van der Waals surface area contributed by atoms with Crippen LogP contribution in [-0.2, 0) is 16.1 Å². The quantitative estimate of drug-likeness (QED) is 0.817. The van der Waals surface area contributed by atoms with Gasteiger partial charge in [-0.1, -0.05) is 18.2 Å². The molecule has 0 unspecified atom stereocenters. The summed E-state index contributed by atoms with van der Waals surface area (Å²) >= 11 is 0. The summed E-state index contributed by atoms with van der Waals surface area (Å²) in [5.41, 5.74) is 1.05. The van der Waals surface area contributed by atoms with E-state index in [4.69, 9.17) is 9.47 Å². The number of benzene rings is 1. The smallest absolute Gasteiger partial charge is 0.258 e. The first-order valence-corrected chi connectivity index (χ1v) is 7.02. The second kappa shape index (κ2) is 7.87. The molecule has 1 heterocycles. The lowest BCUT2D eigenvalue weighted by Gasteiger charge is -2.23. The van der Waals surface area contributed by atoms with Gasteiger partial charge in [0.2, 0.25) is 0 Å². The molecule has 5 heteroatoms. The van der Waals surface area contributed by atoms with Crippen molar-refractivity contribution >= 4 is 5.91 Å². The maximum atomic E-state index is 11.9. The monoisotopic (exact) mass is 278 g/mol. The van der Waals surface area contributed by atoms with Crippen molar-refractivity contribution in [2.75, 3.05) is 26.9 Å². The van der Waals surface area contributed by atoms with Crippen molar-refractivity contribution in [2.24, 2.45) is 0 Å². The maximum absolute atomic E-state index is 11.9. The third kappa shape index (κ3) is 4.51. The molecule has 0 aromatic heterocycles. The number of ether oxygens (including phenoxy) is 2. The van der Waals surface area contributed by atoms with Crippen LogP contribution >= 0.6 is 0 Å². The van der Waals surface area contributed by atoms with Crippen LogP contribution in [0.15, 0.2) is 24.3 Å². The summed E-state index contributed by atoms with van der Waals surface area (Å²) in [6, 6.07) is 7.95.